The molecule has 5 heteroatoms. The summed E-state index contributed by atoms with van der Waals surface area (Å²) in [6.45, 7) is 1.82. The van der Waals surface area contributed by atoms with E-state index in [2.05, 4.69) is 15.2 Å². The first kappa shape index (κ1) is 13.9. The highest BCUT2D eigenvalue weighted by Crippen LogP contribution is 2.23. The van der Waals surface area contributed by atoms with Crippen molar-refractivity contribution in [1.29, 1.82) is 0 Å². The Morgan fingerprint density at radius 1 is 0.955 bits per heavy atom. The lowest BCUT2D eigenvalue weighted by Crippen LogP contribution is -2.04. The number of nitrogens with one attached hydrogen (secondary N) is 2. The maximum absolute atomic E-state index is 11.5. The van der Waals surface area contributed by atoms with Crippen LogP contribution in [-0.4, -0.2) is 16.4 Å². The van der Waals surface area contributed by atoms with Gasteiger partial charge >= 0.3 is 0 Å². The van der Waals surface area contributed by atoms with Gasteiger partial charge in [0, 0.05) is 11.9 Å². The second kappa shape index (κ2) is 6.13. The molecule has 0 spiro atoms. The molecule has 0 saturated heterocycles. The standard InChI is InChI=1S/C17H15N3O2/c1-12-16(17(21)20-19-12)11-18-13-7-9-15(10-8-13)22-14-5-3-2-4-6-14/h2-11H,1H3,(H2,19,20,21). The maximum atomic E-state index is 11.5. The summed E-state index contributed by atoms with van der Waals surface area (Å²) >= 11 is 0. The van der Waals surface area contributed by atoms with E-state index >= 15 is 0 Å². The Kier molecular flexibility index (Phi) is 3.87. The summed E-state index contributed by atoms with van der Waals surface area (Å²) in [4.78, 5) is 15.8. The van der Waals surface area contributed by atoms with Crippen molar-refractivity contribution in [2.75, 3.05) is 0 Å². The van der Waals surface area contributed by atoms with Crippen LogP contribution in [0.25, 0.3) is 0 Å². The fraction of sp³-hybridized carbons (Fsp3) is 0.0588. The molecule has 3 rings (SSSR count). The smallest absolute Gasteiger partial charge is 0.272 e. The van der Waals surface area contributed by atoms with Crippen LogP contribution in [0.1, 0.15) is 11.3 Å². The van der Waals surface area contributed by atoms with Gasteiger partial charge in [-0.2, -0.15) is 0 Å². The summed E-state index contributed by atoms with van der Waals surface area (Å²) in [6.07, 6.45) is 1.55. The molecule has 0 amide bonds. The van der Waals surface area contributed by atoms with E-state index in [9.17, 15) is 4.79 Å². The molecule has 0 fully saturated rings. The molecule has 0 aliphatic rings. The third kappa shape index (κ3) is 3.15. The first-order valence-electron chi connectivity index (χ1n) is 6.86. The minimum absolute atomic E-state index is 0.176. The van der Waals surface area contributed by atoms with Crippen LogP contribution in [-0.2, 0) is 0 Å². The third-order valence-corrected chi connectivity index (χ3v) is 3.17. The fourth-order valence-corrected chi connectivity index (χ4v) is 1.97. The van der Waals surface area contributed by atoms with Crippen molar-refractivity contribution in [1.82, 2.24) is 10.2 Å². The van der Waals surface area contributed by atoms with Crippen molar-refractivity contribution in [2.45, 2.75) is 6.92 Å². The Balaban J connectivity index is 1.73. The van der Waals surface area contributed by atoms with Crippen molar-refractivity contribution >= 4 is 11.9 Å². The number of H-pyrrole nitrogens is 2. The van der Waals surface area contributed by atoms with E-state index < -0.39 is 0 Å². The molecular weight excluding hydrogens is 278 g/mol. The van der Waals surface area contributed by atoms with E-state index in [1.165, 1.54) is 0 Å². The first-order chi connectivity index (χ1) is 10.7. The number of nitrogens with zero attached hydrogens (tertiary/aromatic N) is 1. The number of para-hydroxylation sites is 1. The summed E-state index contributed by atoms with van der Waals surface area (Å²) in [6, 6.07) is 16.9. The third-order valence-electron chi connectivity index (χ3n) is 3.17. The molecule has 2 aromatic carbocycles. The van der Waals surface area contributed by atoms with Crippen LogP contribution in [0.4, 0.5) is 5.69 Å². The van der Waals surface area contributed by atoms with E-state index in [-0.39, 0.29) is 5.56 Å². The molecule has 1 heterocycles. The molecule has 110 valence electrons. The molecule has 0 radical (unpaired) electrons. The van der Waals surface area contributed by atoms with Crippen LogP contribution in [0.5, 0.6) is 11.5 Å². The van der Waals surface area contributed by atoms with Gasteiger partial charge in [-0.25, -0.2) is 0 Å². The van der Waals surface area contributed by atoms with Crippen LogP contribution in [0.3, 0.4) is 0 Å². The van der Waals surface area contributed by atoms with Gasteiger partial charge in [0.15, 0.2) is 0 Å². The lowest BCUT2D eigenvalue weighted by Gasteiger charge is -2.05. The van der Waals surface area contributed by atoms with Crippen molar-refractivity contribution in [2.24, 2.45) is 4.99 Å². The highest BCUT2D eigenvalue weighted by Gasteiger charge is 2.02. The monoisotopic (exact) mass is 293 g/mol. The number of aryl methyl sites for hydroxylation is 1. The molecule has 0 aliphatic carbocycles. The lowest BCUT2D eigenvalue weighted by atomic mass is 10.2. The summed E-state index contributed by atoms with van der Waals surface area (Å²) < 4.78 is 5.71. The Morgan fingerprint density at radius 2 is 1.64 bits per heavy atom. The van der Waals surface area contributed by atoms with E-state index in [0.29, 0.717) is 5.56 Å². The van der Waals surface area contributed by atoms with E-state index in [4.69, 9.17) is 4.74 Å². The van der Waals surface area contributed by atoms with Gasteiger partial charge in [0.05, 0.1) is 11.3 Å². The van der Waals surface area contributed by atoms with Gasteiger partial charge in [-0.15, -0.1) is 0 Å². The minimum atomic E-state index is -0.176. The zero-order valence-electron chi connectivity index (χ0n) is 12.0. The number of aromatic nitrogens is 2. The van der Waals surface area contributed by atoms with Crippen molar-refractivity contribution < 1.29 is 4.74 Å². The van der Waals surface area contributed by atoms with Gasteiger partial charge < -0.3 is 9.84 Å². The first-order valence-corrected chi connectivity index (χ1v) is 6.86. The Hall–Kier alpha value is -3.08. The van der Waals surface area contributed by atoms with Gasteiger partial charge in [-0.05, 0) is 43.3 Å². The zero-order valence-corrected chi connectivity index (χ0v) is 12.0. The number of hydrogen-bond donors (Lipinski definition) is 2. The maximum Gasteiger partial charge on any atom is 0.272 e. The SMILES string of the molecule is Cc1[nH][nH]c(=O)c1C=Nc1ccc(Oc2ccccc2)cc1. The second-order valence-corrected chi connectivity index (χ2v) is 4.79. The van der Waals surface area contributed by atoms with E-state index in [0.717, 1.165) is 22.9 Å². The normalized spacial score (nSPS) is 11.0. The predicted molar refractivity (Wildman–Crippen MR) is 86.4 cm³/mol. The number of aromatic amines is 2. The van der Waals surface area contributed by atoms with Crippen molar-refractivity contribution in [3.8, 4) is 11.5 Å². The van der Waals surface area contributed by atoms with Crippen LogP contribution in [0, 0.1) is 6.92 Å². The number of aliphatic imine (C=N–C) groups is 1. The molecule has 0 bridgehead atoms. The van der Waals surface area contributed by atoms with Gasteiger partial charge in [-0.1, -0.05) is 18.2 Å². The van der Waals surface area contributed by atoms with Crippen molar-refractivity contribution in [3.63, 3.8) is 0 Å². The van der Waals surface area contributed by atoms with Crippen LogP contribution < -0.4 is 10.3 Å². The topological polar surface area (TPSA) is 70.2 Å². The predicted octanol–water partition coefficient (Wildman–Crippen LogP) is 3.55. The highest BCUT2D eigenvalue weighted by molar-refractivity contribution is 5.82. The molecule has 1 aromatic heterocycles. The molecule has 2 N–H and O–H groups in total. The Labute approximate surface area is 127 Å². The van der Waals surface area contributed by atoms with E-state index in [1.54, 1.807) is 6.21 Å². The zero-order chi connectivity index (χ0) is 15.4. The van der Waals surface area contributed by atoms with E-state index in [1.807, 2.05) is 61.5 Å². The second-order valence-electron chi connectivity index (χ2n) is 4.79. The molecule has 5 nitrogen and oxygen atoms in total. The van der Waals surface area contributed by atoms with Crippen LogP contribution in [0.15, 0.2) is 64.4 Å². The molecule has 0 aliphatic heterocycles. The molecule has 22 heavy (non-hydrogen) atoms. The number of ether oxygens (including phenoxy) is 1. The molecule has 0 saturated carbocycles. The summed E-state index contributed by atoms with van der Waals surface area (Å²) in [7, 11) is 0. The lowest BCUT2D eigenvalue weighted by molar-refractivity contribution is 0.483. The number of hydrogen-bond acceptors (Lipinski definition) is 3. The molecule has 3 aromatic rings. The summed E-state index contributed by atoms with van der Waals surface area (Å²) in [5.41, 5.74) is 1.87. The van der Waals surface area contributed by atoms with Gasteiger partial charge in [0.1, 0.15) is 11.5 Å². The van der Waals surface area contributed by atoms with Gasteiger partial charge in [0.2, 0.25) is 0 Å². The average molecular weight is 293 g/mol. The fourth-order valence-electron chi connectivity index (χ4n) is 1.97. The summed E-state index contributed by atoms with van der Waals surface area (Å²) in [5, 5.41) is 5.28. The Morgan fingerprint density at radius 3 is 2.27 bits per heavy atom. The van der Waals surface area contributed by atoms with Gasteiger partial charge in [-0.3, -0.25) is 14.9 Å². The Bertz CT molecular complexity index is 830. The van der Waals surface area contributed by atoms with Crippen molar-refractivity contribution in [3.05, 3.63) is 76.2 Å². The van der Waals surface area contributed by atoms with Crippen LogP contribution in [0.2, 0.25) is 0 Å². The highest BCUT2D eigenvalue weighted by atomic mass is 16.5. The quantitative estimate of drug-likeness (QED) is 0.722. The number of rotatable bonds is 4. The largest absolute Gasteiger partial charge is 0.457 e. The average Bonchev–Trinajstić information content (AvgIpc) is 2.86. The molecule has 0 atom stereocenters. The summed E-state index contributed by atoms with van der Waals surface area (Å²) in [5.74, 6) is 1.52. The number of benzene rings is 2. The molecular formula is C17H15N3O2. The minimum Gasteiger partial charge on any atom is -0.457 e. The van der Waals surface area contributed by atoms with Gasteiger partial charge in [0.25, 0.3) is 5.56 Å². The molecule has 0 unspecified atom stereocenters. The van der Waals surface area contributed by atoms with Crippen LogP contribution >= 0.6 is 0 Å².